The molecule has 0 radical (unpaired) electrons. The maximum Gasteiger partial charge on any atom is 0.126 e. The number of hydrogen-bond donors (Lipinski definition) is 0. The molecule has 0 aliphatic heterocycles. The zero-order chi connectivity index (χ0) is 32.8. The molecule has 4 rings (SSSR count). The molecule has 0 unspecified atom stereocenters. The van der Waals surface area contributed by atoms with Crippen LogP contribution >= 0.6 is 0 Å². The summed E-state index contributed by atoms with van der Waals surface area (Å²) in [4.78, 5) is 0. The van der Waals surface area contributed by atoms with Gasteiger partial charge in [-0.25, -0.2) is 0 Å². The summed E-state index contributed by atoms with van der Waals surface area (Å²) in [5.41, 5.74) is 6.93. The SMILES string of the molecule is CC[N+](C)(C)CCCOc1ccccc1/C=C/c1ccc(-c2ccc(/C=C/c3ccccc3OCCC[N+](C)(C)CC)cc2)cc1. The molecule has 0 amide bonds. The zero-order valence-electron chi connectivity index (χ0n) is 28.9. The fourth-order valence-electron chi connectivity index (χ4n) is 5.11. The molecule has 4 nitrogen and oxygen atoms in total. The Hall–Kier alpha value is -4.12. The van der Waals surface area contributed by atoms with Crippen molar-refractivity contribution in [2.24, 2.45) is 0 Å². The van der Waals surface area contributed by atoms with Crippen molar-refractivity contribution in [3.63, 3.8) is 0 Å². The van der Waals surface area contributed by atoms with Crippen LogP contribution in [0.1, 0.15) is 48.9 Å². The van der Waals surface area contributed by atoms with Gasteiger partial charge in [-0.3, -0.25) is 0 Å². The van der Waals surface area contributed by atoms with Gasteiger partial charge in [-0.05, 0) is 48.2 Å². The molecule has 0 heterocycles. The Bertz CT molecular complexity index is 1430. The van der Waals surface area contributed by atoms with E-state index in [-0.39, 0.29) is 0 Å². The lowest BCUT2D eigenvalue weighted by molar-refractivity contribution is -0.888. The van der Waals surface area contributed by atoms with Crippen molar-refractivity contribution in [2.45, 2.75) is 26.7 Å². The summed E-state index contributed by atoms with van der Waals surface area (Å²) in [5, 5.41) is 0. The molecule has 4 heteroatoms. The van der Waals surface area contributed by atoms with Gasteiger partial charge >= 0.3 is 0 Å². The van der Waals surface area contributed by atoms with Gasteiger partial charge in [0.1, 0.15) is 11.5 Å². The summed E-state index contributed by atoms with van der Waals surface area (Å²) in [6.07, 6.45) is 10.7. The number of rotatable bonds is 17. The molecule has 0 fully saturated rings. The van der Waals surface area contributed by atoms with Gasteiger partial charge in [-0.15, -0.1) is 0 Å². The topological polar surface area (TPSA) is 18.5 Å². The Labute approximate surface area is 278 Å². The molecule has 0 aliphatic rings. The molecule has 4 aromatic carbocycles. The number of ether oxygens (including phenoxy) is 2. The van der Waals surface area contributed by atoms with Crippen molar-refractivity contribution in [1.29, 1.82) is 0 Å². The van der Waals surface area contributed by atoms with Crippen LogP contribution in [0.15, 0.2) is 97.1 Å². The lowest BCUT2D eigenvalue weighted by Crippen LogP contribution is -2.40. The first kappa shape index (κ1) is 34.7. The van der Waals surface area contributed by atoms with Gasteiger partial charge in [-0.2, -0.15) is 0 Å². The van der Waals surface area contributed by atoms with Gasteiger partial charge in [-0.1, -0.05) is 109 Å². The fraction of sp³-hybridized carbons (Fsp3) is 0.333. The summed E-state index contributed by atoms with van der Waals surface area (Å²) >= 11 is 0. The van der Waals surface area contributed by atoms with Crippen molar-refractivity contribution < 1.29 is 18.4 Å². The minimum absolute atomic E-state index is 0.731. The minimum Gasteiger partial charge on any atom is -0.493 e. The molecular formula is C42H54N2O2+2. The van der Waals surface area contributed by atoms with E-state index < -0.39 is 0 Å². The second kappa shape index (κ2) is 17.0. The van der Waals surface area contributed by atoms with Gasteiger partial charge in [0.25, 0.3) is 0 Å². The quantitative estimate of drug-likeness (QED) is 0.0667. The number of para-hydroxylation sites is 2. The minimum atomic E-state index is 0.731. The van der Waals surface area contributed by atoms with Gasteiger partial charge in [0.2, 0.25) is 0 Å². The molecule has 0 atom stereocenters. The highest BCUT2D eigenvalue weighted by atomic mass is 16.5. The lowest BCUT2D eigenvalue weighted by Gasteiger charge is -2.28. The van der Waals surface area contributed by atoms with Crippen LogP contribution in [0.2, 0.25) is 0 Å². The Balaban J connectivity index is 1.32. The van der Waals surface area contributed by atoms with E-state index in [2.05, 4.69) is 151 Å². The molecule has 0 bridgehead atoms. The average Bonchev–Trinajstić information content (AvgIpc) is 3.08. The molecule has 46 heavy (non-hydrogen) atoms. The first-order valence-corrected chi connectivity index (χ1v) is 16.8. The lowest BCUT2D eigenvalue weighted by atomic mass is 10.0. The summed E-state index contributed by atoms with van der Waals surface area (Å²) in [5.74, 6) is 1.88. The summed E-state index contributed by atoms with van der Waals surface area (Å²) in [6.45, 7) is 10.4. The van der Waals surface area contributed by atoms with Crippen molar-refractivity contribution in [3.05, 3.63) is 119 Å². The molecule has 0 saturated heterocycles. The van der Waals surface area contributed by atoms with Crippen molar-refractivity contribution >= 4 is 24.3 Å². The van der Waals surface area contributed by atoms with E-state index in [4.69, 9.17) is 9.47 Å². The van der Waals surface area contributed by atoms with Crippen LogP contribution in [-0.2, 0) is 0 Å². The number of quaternary nitrogens is 2. The maximum atomic E-state index is 6.16. The Kier molecular flexibility index (Phi) is 12.8. The normalized spacial score (nSPS) is 12.2. The summed E-state index contributed by atoms with van der Waals surface area (Å²) < 4.78 is 14.4. The second-order valence-corrected chi connectivity index (χ2v) is 13.3. The molecule has 4 aromatic rings. The molecule has 0 saturated carbocycles. The zero-order valence-corrected chi connectivity index (χ0v) is 28.9. The number of benzene rings is 4. The van der Waals surface area contributed by atoms with E-state index in [0.717, 1.165) is 95.0 Å². The van der Waals surface area contributed by atoms with E-state index in [9.17, 15) is 0 Å². The highest BCUT2D eigenvalue weighted by molar-refractivity contribution is 5.76. The predicted octanol–water partition coefficient (Wildman–Crippen LogP) is 9.42. The number of hydrogen-bond acceptors (Lipinski definition) is 2. The highest BCUT2D eigenvalue weighted by Gasteiger charge is 2.12. The average molecular weight is 619 g/mol. The Morgan fingerprint density at radius 2 is 0.848 bits per heavy atom. The fourth-order valence-corrected chi connectivity index (χ4v) is 5.11. The van der Waals surface area contributed by atoms with E-state index in [1.807, 2.05) is 12.1 Å². The Morgan fingerprint density at radius 1 is 0.478 bits per heavy atom. The van der Waals surface area contributed by atoms with Crippen molar-refractivity contribution in [3.8, 4) is 22.6 Å². The van der Waals surface area contributed by atoms with Crippen LogP contribution in [0.4, 0.5) is 0 Å². The highest BCUT2D eigenvalue weighted by Crippen LogP contribution is 2.25. The van der Waals surface area contributed by atoms with Crippen molar-refractivity contribution in [2.75, 3.05) is 67.6 Å². The van der Waals surface area contributed by atoms with E-state index in [1.54, 1.807) is 0 Å². The first-order chi connectivity index (χ1) is 22.2. The largest absolute Gasteiger partial charge is 0.493 e. The predicted molar refractivity (Wildman–Crippen MR) is 198 cm³/mol. The van der Waals surface area contributed by atoms with Crippen LogP contribution in [-0.4, -0.2) is 76.5 Å². The smallest absolute Gasteiger partial charge is 0.126 e. The molecule has 0 aliphatic carbocycles. The van der Waals surface area contributed by atoms with Gasteiger partial charge in [0.15, 0.2) is 0 Å². The van der Waals surface area contributed by atoms with Crippen molar-refractivity contribution in [1.82, 2.24) is 0 Å². The summed E-state index contributed by atoms with van der Waals surface area (Å²) in [7, 11) is 9.07. The van der Waals surface area contributed by atoms with E-state index in [0.29, 0.717) is 0 Å². The molecular weight excluding hydrogens is 564 g/mol. The van der Waals surface area contributed by atoms with E-state index in [1.165, 1.54) is 11.1 Å². The third kappa shape index (κ3) is 11.0. The third-order valence-corrected chi connectivity index (χ3v) is 8.95. The Morgan fingerprint density at radius 3 is 1.22 bits per heavy atom. The standard InChI is InChI=1S/C42H54N2O2/c1-7-43(3,4)31-13-33-45-41-17-11-9-15-39(41)29-23-35-19-25-37(26-20-35)38-27-21-36(22-28-38)24-30-40-16-10-12-18-42(40)46-34-14-32-44(5,6)8-2/h9-12,15-30H,7-8,13-14,31-34H2,1-6H3/q+2/b29-23+,30-24+. The van der Waals surface area contributed by atoms with Crippen LogP contribution in [0.5, 0.6) is 11.5 Å². The molecule has 0 spiro atoms. The van der Waals surface area contributed by atoms with Gasteiger partial charge in [0.05, 0.1) is 67.6 Å². The molecule has 0 aromatic heterocycles. The van der Waals surface area contributed by atoms with E-state index >= 15 is 0 Å². The monoisotopic (exact) mass is 618 g/mol. The van der Waals surface area contributed by atoms with Crippen LogP contribution in [0, 0.1) is 0 Å². The van der Waals surface area contributed by atoms with Crippen LogP contribution in [0.3, 0.4) is 0 Å². The van der Waals surface area contributed by atoms with Crippen LogP contribution in [0.25, 0.3) is 35.4 Å². The van der Waals surface area contributed by atoms with Crippen LogP contribution < -0.4 is 9.47 Å². The first-order valence-electron chi connectivity index (χ1n) is 16.8. The molecule has 0 N–H and O–H groups in total. The summed E-state index contributed by atoms with van der Waals surface area (Å²) in [6, 6.07) is 34.0. The maximum absolute atomic E-state index is 6.16. The number of nitrogens with zero attached hydrogens (tertiary/aromatic N) is 2. The third-order valence-electron chi connectivity index (χ3n) is 8.95. The second-order valence-electron chi connectivity index (χ2n) is 13.3. The van der Waals surface area contributed by atoms with Gasteiger partial charge in [0, 0.05) is 24.0 Å². The van der Waals surface area contributed by atoms with Gasteiger partial charge < -0.3 is 18.4 Å². The molecule has 242 valence electrons.